The van der Waals surface area contributed by atoms with Gasteiger partial charge in [-0.25, -0.2) is 13.1 Å². The van der Waals surface area contributed by atoms with Crippen LogP contribution in [0, 0.1) is 6.92 Å². The van der Waals surface area contributed by atoms with Crippen molar-refractivity contribution in [2.24, 2.45) is 0 Å². The first-order valence-corrected chi connectivity index (χ1v) is 8.71. The summed E-state index contributed by atoms with van der Waals surface area (Å²) in [6, 6.07) is 11.9. The largest absolute Gasteiger partial charge is 0.481 e. The molecular weight excluding hydrogens is 338 g/mol. The van der Waals surface area contributed by atoms with E-state index in [0.717, 1.165) is 5.56 Å². The minimum Gasteiger partial charge on any atom is -0.481 e. The maximum atomic E-state index is 12.5. The van der Waals surface area contributed by atoms with E-state index in [1.54, 1.807) is 36.4 Å². The highest BCUT2D eigenvalue weighted by Crippen LogP contribution is 2.27. The molecule has 0 amide bonds. The average Bonchev–Trinajstić information content (AvgIpc) is 2.46. The number of nitrogens with one attached hydrogen (secondary N) is 1. The van der Waals surface area contributed by atoms with Gasteiger partial charge in [0.1, 0.15) is 0 Å². The third-order valence-corrected chi connectivity index (χ3v) is 5.12. The Kier molecular flexibility index (Phi) is 5.41. The van der Waals surface area contributed by atoms with E-state index < -0.39 is 28.5 Å². The molecule has 2 aromatic carbocycles. The quantitative estimate of drug-likeness (QED) is 0.835. The van der Waals surface area contributed by atoms with Crippen LogP contribution >= 0.6 is 11.6 Å². The lowest BCUT2D eigenvalue weighted by Gasteiger charge is -2.18. The Bertz CT molecular complexity index is 803. The summed E-state index contributed by atoms with van der Waals surface area (Å²) < 4.78 is 27.4. The maximum Gasteiger partial charge on any atom is 0.305 e. The van der Waals surface area contributed by atoms with Gasteiger partial charge in [0.15, 0.2) is 0 Å². The number of halogens is 1. The second kappa shape index (κ2) is 7.12. The van der Waals surface area contributed by atoms with E-state index in [0.29, 0.717) is 10.6 Å². The summed E-state index contributed by atoms with van der Waals surface area (Å²) in [7, 11) is -3.86. The predicted octanol–water partition coefficient (Wildman–Crippen LogP) is 3.14. The van der Waals surface area contributed by atoms with Gasteiger partial charge in [0.25, 0.3) is 0 Å². The molecule has 0 aliphatic rings. The SMILES string of the molecule is Cc1ccc(S(=O)(=O)N[C@@H](CC(=O)O)c2ccccc2Cl)cc1. The minimum absolute atomic E-state index is 0.0746. The highest BCUT2D eigenvalue weighted by atomic mass is 35.5. The van der Waals surface area contributed by atoms with Crippen LogP contribution in [0.15, 0.2) is 53.4 Å². The first kappa shape index (κ1) is 17.5. The maximum absolute atomic E-state index is 12.5. The topological polar surface area (TPSA) is 83.5 Å². The molecule has 0 aliphatic carbocycles. The van der Waals surface area contributed by atoms with Crippen molar-refractivity contribution < 1.29 is 18.3 Å². The number of carboxylic acid groups (broad SMARTS) is 1. The Morgan fingerprint density at radius 1 is 1.17 bits per heavy atom. The molecule has 0 radical (unpaired) electrons. The Morgan fingerprint density at radius 3 is 2.35 bits per heavy atom. The number of rotatable bonds is 6. The van der Waals surface area contributed by atoms with E-state index in [1.807, 2.05) is 6.92 Å². The molecule has 2 rings (SSSR count). The zero-order valence-corrected chi connectivity index (χ0v) is 13.9. The van der Waals surface area contributed by atoms with Gasteiger partial charge >= 0.3 is 5.97 Å². The first-order valence-electron chi connectivity index (χ1n) is 6.85. The molecule has 7 heteroatoms. The second-order valence-corrected chi connectivity index (χ2v) is 7.23. The highest BCUT2D eigenvalue weighted by Gasteiger charge is 2.25. The van der Waals surface area contributed by atoms with Gasteiger partial charge in [-0.05, 0) is 30.7 Å². The lowest BCUT2D eigenvalue weighted by molar-refractivity contribution is -0.137. The van der Waals surface area contributed by atoms with E-state index in [4.69, 9.17) is 16.7 Å². The molecule has 5 nitrogen and oxygen atoms in total. The van der Waals surface area contributed by atoms with E-state index in [9.17, 15) is 13.2 Å². The van der Waals surface area contributed by atoms with Crippen LogP contribution in [0.1, 0.15) is 23.6 Å². The number of hydrogen-bond acceptors (Lipinski definition) is 3. The Hall–Kier alpha value is -1.89. The van der Waals surface area contributed by atoms with Gasteiger partial charge in [0.05, 0.1) is 17.4 Å². The summed E-state index contributed by atoms with van der Waals surface area (Å²) in [5, 5.41) is 9.37. The van der Waals surface area contributed by atoms with Crippen molar-refractivity contribution in [1.29, 1.82) is 0 Å². The molecule has 23 heavy (non-hydrogen) atoms. The Balaban J connectivity index is 2.36. The van der Waals surface area contributed by atoms with Crippen LogP contribution in [-0.4, -0.2) is 19.5 Å². The molecule has 0 aliphatic heterocycles. The van der Waals surface area contributed by atoms with Gasteiger partial charge in [-0.15, -0.1) is 0 Å². The zero-order valence-electron chi connectivity index (χ0n) is 12.4. The molecule has 122 valence electrons. The summed E-state index contributed by atoms with van der Waals surface area (Å²) in [5.41, 5.74) is 1.35. The molecule has 0 spiro atoms. The number of benzene rings is 2. The highest BCUT2D eigenvalue weighted by molar-refractivity contribution is 7.89. The normalized spacial score (nSPS) is 12.8. The van der Waals surface area contributed by atoms with Crippen LogP contribution in [0.25, 0.3) is 0 Å². The summed E-state index contributed by atoms with van der Waals surface area (Å²) >= 11 is 6.07. The van der Waals surface area contributed by atoms with E-state index in [1.165, 1.54) is 12.1 Å². The number of carbonyl (C=O) groups is 1. The van der Waals surface area contributed by atoms with Crippen LogP contribution in [0.2, 0.25) is 5.02 Å². The number of sulfonamides is 1. The van der Waals surface area contributed by atoms with Crippen LogP contribution < -0.4 is 4.72 Å². The fourth-order valence-corrected chi connectivity index (χ4v) is 3.60. The third-order valence-electron chi connectivity index (χ3n) is 3.29. The van der Waals surface area contributed by atoms with Crippen LogP contribution in [0.3, 0.4) is 0 Å². The predicted molar refractivity (Wildman–Crippen MR) is 87.9 cm³/mol. The van der Waals surface area contributed by atoms with Crippen molar-refractivity contribution in [2.75, 3.05) is 0 Å². The van der Waals surface area contributed by atoms with E-state index in [2.05, 4.69) is 4.72 Å². The number of aryl methyl sites for hydroxylation is 1. The van der Waals surface area contributed by atoms with Gasteiger partial charge in [0.2, 0.25) is 10.0 Å². The molecule has 0 unspecified atom stereocenters. The molecule has 2 N–H and O–H groups in total. The molecular formula is C16H16ClNO4S. The van der Waals surface area contributed by atoms with Crippen molar-refractivity contribution in [1.82, 2.24) is 4.72 Å². The van der Waals surface area contributed by atoms with Gasteiger partial charge in [0, 0.05) is 5.02 Å². The zero-order chi connectivity index (χ0) is 17.0. The van der Waals surface area contributed by atoms with Crippen molar-refractivity contribution in [3.8, 4) is 0 Å². The van der Waals surface area contributed by atoms with E-state index in [-0.39, 0.29) is 4.90 Å². The standard InChI is InChI=1S/C16H16ClNO4S/c1-11-6-8-12(9-7-11)23(21,22)18-15(10-16(19)20)13-4-2-3-5-14(13)17/h2-9,15,18H,10H2,1H3,(H,19,20)/t15-/m0/s1. The summed E-state index contributed by atoms with van der Waals surface area (Å²) in [5.74, 6) is -1.12. The molecule has 0 aromatic heterocycles. The first-order chi connectivity index (χ1) is 10.8. The van der Waals surface area contributed by atoms with Crippen molar-refractivity contribution in [3.05, 3.63) is 64.7 Å². The minimum atomic E-state index is -3.86. The van der Waals surface area contributed by atoms with Crippen molar-refractivity contribution in [3.63, 3.8) is 0 Å². The molecule has 0 bridgehead atoms. The van der Waals surface area contributed by atoms with Crippen LogP contribution in [0.4, 0.5) is 0 Å². The number of aliphatic carboxylic acids is 1. The average molecular weight is 354 g/mol. The van der Waals surface area contributed by atoms with Crippen molar-refractivity contribution in [2.45, 2.75) is 24.3 Å². The monoisotopic (exact) mass is 353 g/mol. The van der Waals surface area contributed by atoms with Gasteiger partial charge in [-0.1, -0.05) is 47.5 Å². The lowest BCUT2D eigenvalue weighted by Crippen LogP contribution is -2.30. The molecule has 0 heterocycles. The Labute approximate surface area is 140 Å². The van der Waals surface area contributed by atoms with Gasteiger partial charge < -0.3 is 5.11 Å². The number of carboxylic acids is 1. The summed E-state index contributed by atoms with van der Waals surface area (Å²) in [6.07, 6.45) is -0.408. The van der Waals surface area contributed by atoms with Crippen LogP contribution in [-0.2, 0) is 14.8 Å². The number of hydrogen-bond donors (Lipinski definition) is 2. The summed E-state index contributed by atoms with van der Waals surface area (Å²) in [6.45, 7) is 1.85. The van der Waals surface area contributed by atoms with Crippen molar-refractivity contribution >= 4 is 27.6 Å². The Morgan fingerprint density at radius 2 is 1.78 bits per heavy atom. The molecule has 1 atom stereocenters. The molecule has 2 aromatic rings. The van der Waals surface area contributed by atoms with E-state index >= 15 is 0 Å². The molecule has 0 fully saturated rings. The third kappa shape index (κ3) is 4.54. The summed E-state index contributed by atoms with van der Waals surface area (Å²) in [4.78, 5) is 11.2. The fourth-order valence-electron chi connectivity index (χ4n) is 2.12. The lowest BCUT2D eigenvalue weighted by atomic mass is 10.1. The fraction of sp³-hybridized carbons (Fsp3) is 0.188. The molecule has 0 saturated heterocycles. The van der Waals surface area contributed by atoms with Crippen LogP contribution in [0.5, 0.6) is 0 Å². The van der Waals surface area contributed by atoms with Gasteiger partial charge in [-0.2, -0.15) is 0 Å². The smallest absolute Gasteiger partial charge is 0.305 e. The molecule has 0 saturated carbocycles. The second-order valence-electron chi connectivity index (χ2n) is 5.11. The van der Waals surface area contributed by atoms with Gasteiger partial charge in [-0.3, -0.25) is 4.79 Å².